The molecule has 0 aliphatic carbocycles. The third-order valence-corrected chi connectivity index (χ3v) is 4.16. The van der Waals surface area contributed by atoms with E-state index in [1.54, 1.807) is 43.3 Å². The van der Waals surface area contributed by atoms with Crippen LogP contribution in [-0.4, -0.2) is 30.9 Å². The zero-order valence-corrected chi connectivity index (χ0v) is 16.0. The molecule has 8 heteroatoms. The van der Waals surface area contributed by atoms with Gasteiger partial charge in [-0.2, -0.15) is 0 Å². The molecule has 1 N–H and O–H groups in total. The summed E-state index contributed by atoms with van der Waals surface area (Å²) in [4.78, 5) is 35.0. The lowest BCUT2D eigenvalue weighted by Gasteiger charge is -2.09. The fraction of sp³-hybridized carbons (Fsp3) is 0.211. The monoisotopic (exact) mass is 409 g/mol. The van der Waals surface area contributed by atoms with Crippen LogP contribution in [0.3, 0.4) is 0 Å². The van der Waals surface area contributed by atoms with Crippen LogP contribution in [0, 0.1) is 0 Å². The third kappa shape index (κ3) is 6.58. The number of ketones is 1. The van der Waals surface area contributed by atoms with Gasteiger partial charge in [-0.1, -0.05) is 30.1 Å². The first-order valence-corrected chi connectivity index (χ1v) is 8.81. The predicted octanol–water partition coefficient (Wildman–Crippen LogP) is 4.15. The summed E-state index contributed by atoms with van der Waals surface area (Å²) in [5.41, 5.74) is 1.01. The van der Waals surface area contributed by atoms with Crippen molar-refractivity contribution in [1.29, 1.82) is 0 Å². The van der Waals surface area contributed by atoms with Crippen molar-refractivity contribution in [3.63, 3.8) is 0 Å². The Kier molecular flexibility index (Phi) is 7.64. The van der Waals surface area contributed by atoms with Crippen LogP contribution in [0.4, 0.5) is 5.69 Å². The van der Waals surface area contributed by atoms with E-state index in [0.29, 0.717) is 33.5 Å². The molecule has 2 aromatic carbocycles. The number of halogens is 2. The molecule has 0 unspecified atom stereocenters. The molecule has 0 atom stereocenters. The summed E-state index contributed by atoms with van der Waals surface area (Å²) in [6, 6.07) is 11.0. The minimum atomic E-state index is -0.701. The van der Waals surface area contributed by atoms with Crippen molar-refractivity contribution in [2.24, 2.45) is 0 Å². The molecule has 142 valence electrons. The second-order valence-corrected chi connectivity index (χ2v) is 6.24. The summed E-state index contributed by atoms with van der Waals surface area (Å²) in [5.74, 6) is -0.786. The highest BCUT2D eigenvalue weighted by Gasteiger charge is 2.10. The minimum Gasteiger partial charge on any atom is -0.482 e. The van der Waals surface area contributed by atoms with Crippen LogP contribution in [0.25, 0.3) is 0 Å². The number of amides is 1. The van der Waals surface area contributed by atoms with E-state index in [2.05, 4.69) is 5.32 Å². The molecule has 27 heavy (non-hydrogen) atoms. The lowest BCUT2D eigenvalue weighted by Crippen LogP contribution is -2.23. The molecular formula is C19H17Cl2NO5. The van der Waals surface area contributed by atoms with Crippen molar-refractivity contribution in [3.05, 3.63) is 58.1 Å². The Morgan fingerprint density at radius 3 is 2.30 bits per heavy atom. The molecule has 0 aliphatic rings. The zero-order valence-electron chi connectivity index (χ0n) is 14.5. The summed E-state index contributed by atoms with van der Waals surface area (Å²) in [7, 11) is 0. The number of carbonyl (C=O) groups excluding carboxylic acids is 3. The van der Waals surface area contributed by atoms with Crippen molar-refractivity contribution in [1.82, 2.24) is 0 Å². The van der Waals surface area contributed by atoms with Gasteiger partial charge >= 0.3 is 5.97 Å². The van der Waals surface area contributed by atoms with E-state index in [1.807, 2.05) is 0 Å². The normalized spacial score (nSPS) is 10.2. The van der Waals surface area contributed by atoms with Crippen molar-refractivity contribution in [2.75, 3.05) is 18.5 Å². The number of hydrogen-bond donors (Lipinski definition) is 1. The van der Waals surface area contributed by atoms with E-state index in [1.165, 1.54) is 6.07 Å². The molecule has 0 spiro atoms. The highest BCUT2D eigenvalue weighted by molar-refractivity contribution is 6.42. The van der Waals surface area contributed by atoms with Crippen LogP contribution in [0.2, 0.25) is 10.0 Å². The first kappa shape index (κ1) is 20.7. The van der Waals surface area contributed by atoms with E-state index in [9.17, 15) is 14.4 Å². The fourth-order valence-corrected chi connectivity index (χ4v) is 2.34. The average Bonchev–Trinajstić information content (AvgIpc) is 2.67. The van der Waals surface area contributed by atoms with E-state index >= 15 is 0 Å². The largest absolute Gasteiger partial charge is 0.482 e. The summed E-state index contributed by atoms with van der Waals surface area (Å²) in [6.45, 7) is 0.952. The molecule has 6 nitrogen and oxygen atoms in total. The maximum absolute atomic E-state index is 11.8. The van der Waals surface area contributed by atoms with Gasteiger partial charge in [0.25, 0.3) is 5.91 Å². The van der Waals surface area contributed by atoms with Gasteiger partial charge in [-0.3, -0.25) is 9.59 Å². The smallest absolute Gasteiger partial charge is 0.344 e. The number of hydrogen-bond acceptors (Lipinski definition) is 5. The highest BCUT2D eigenvalue weighted by Crippen LogP contribution is 2.24. The van der Waals surface area contributed by atoms with Gasteiger partial charge in [0.2, 0.25) is 0 Å². The number of esters is 1. The fourth-order valence-electron chi connectivity index (χ4n) is 2.04. The molecule has 0 radical (unpaired) electrons. The summed E-state index contributed by atoms with van der Waals surface area (Å²) in [5, 5.41) is 3.19. The Morgan fingerprint density at radius 1 is 0.963 bits per heavy atom. The van der Waals surface area contributed by atoms with E-state index in [-0.39, 0.29) is 12.4 Å². The average molecular weight is 410 g/mol. The van der Waals surface area contributed by atoms with Gasteiger partial charge < -0.3 is 14.8 Å². The van der Waals surface area contributed by atoms with E-state index in [0.717, 1.165) is 0 Å². The van der Waals surface area contributed by atoms with Gasteiger partial charge in [0.05, 0.1) is 10.0 Å². The quantitative estimate of drug-likeness (QED) is 0.523. The number of carbonyl (C=O) groups is 3. The van der Waals surface area contributed by atoms with Crippen molar-refractivity contribution in [3.8, 4) is 5.75 Å². The molecule has 1 amide bonds. The van der Waals surface area contributed by atoms with Gasteiger partial charge in [-0.15, -0.1) is 0 Å². The van der Waals surface area contributed by atoms with Crippen LogP contribution in [-0.2, 0) is 14.3 Å². The molecule has 0 heterocycles. The standard InChI is InChI=1S/C19H17Cl2NO5/c1-2-17(23)12-3-6-14(7-4-12)26-11-19(25)27-10-18(24)22-13-5-8-15(20)16(21)9-13/h3-9H,2,10-11H2,1H3,(H,22,24). The number of Topliss-reactive ketones (excluding diaryl/α,β-unsaturated/α-hetero) is 1. The number of ether oxygens (including phenoxy) is 2. The highest BCUT2D eigenvalue weighted by atomic mass is 35.5. The van der Waals surface area contributed by atoms with Crippen LogP contribution in [0.1, 0.15) is 23.7 Å². The molecule has 0 aliphatic heterocycles. The Morgan fingerprint density at radius 2 is 1.67 bits per heavy atom. The van der Waals surface area contributed by atoms with Crippen molar-refractivity contribution < 1.29 is 23.9 Å². The molecule has 2 aromatic rings. The molecular weight excluding hydrogens is 393 g/mol. The first-order chi connectivity index (χ1) is 12.9. The van der Waals surface area contributed by atoms with Gasteiger partial charge in [0.15, 0.2) is 19.0 Å². The van der Waals surface area contributed by atoms with E-state index in [4.69, 9.17) is 32.7 Å². The molecule has 0 aromatic heterocycles. The van der Waals surface area contributed by atoms with Gasteiger partial charge in [-0.25, -0.2) is 4.79 Å². The zero-order chi connectivity index (χ0) is 19.8. The lowest BCUT2D eigenvalue weighted by atomic mass is 10.1. The summed E-state index contributed by atoms with van der Waals surface area (Å²) >= 11 is 11.6. The molecule has 0 bridgehead atoms. The number of nitrogens with one attached hydrogen (secondary N) is 1. The number of benzene rings is 2. The van der Waals surface area contributed by atoms with Crippen molar-refractivity contribution in [2.45, 2.75) is 13.3 Å². The van der Waals surface area contributed by atoms with Crippen molar-refractivity contribution >= 4 is 46.5 Å². The van der Waals surface area contributed by atoms with Gasteiger partial charge in [0.1, 0.15) is 5.75 Å². The summed E-state index contributed by atoms with van der Waals surface area (Å²) < 4.78 is 10.1. The maximum Gasteiger partial charge on any atom is 0.344 e. The molecule has 0 fully saturated rings. The van der Waals surface area contributed by atoms with Gasteiger partial charge in [-0.05, 0) is 42.5 Å². The van der Waals surface area contributed by atoms with Crippen LogP contribution < -0.4 is 10.1 Å². The Hall–Kier alpha value is -2.57. The minimum absolute atomic E-state index is 0.0222. The number of anilines is 1. The predicted molar refractivity (Wildman–Crippen MR) is 103 cm³/mol. The number of rotatable bonds is 8. The second-order valence-electron chi connectivity index (χ2n) is 5.43. The Bertz CT molecular complexity index is 836. The van der Waals surface area contributed by atoms with Crippen LogP contribution in [0.5, 0.6) is 5.75 Å². The molecule has 0 saturated heterocycles. The topological polar surface area (TPSA) is 81.7 Å². The molecule has 2 rings (SSSR count). The van der Waals surface area contributed by atoms with Gasteiger partial charge in [0, 0.05) is 17.7 Å². The SMILES string of the molecule is CCC(=O)c1ccc(OCC(=O)OCC(=O)Nc2ccc(Cl)c(Cl)c2)cc1. The first-order valence-electron chi connectivity index (χ1n) is 8.05. The van der Waals surface area contributed by atoms with Crippen LogP contribution >= 0.6 is 23.2 Å². The van der Waals surface area contributed by atoms with Crippen LogP contribution in [0.15, 0.2) is 42.5 Å². The summed E-state index contributed by atoms with van der Waals surface area (Å²) in [6.07, 6.45) is 0.414. The maximum atomic E-state index is 11.8. The molecule has 0 saturated carbocycles. The third-order valence-electron chi connectivity index (χ3n) is 3.42. The van der Waals surface area contributed by atoms with E-state index < -0.39 is 18.5 Å². The Labute approximate surface area is 166 Å². The lowest BCUT2D eigenvalue weighted by molar-refractivity contribution is -0.149. The Balaban J connectivity index is 1.74. The second kappa shape index (κ2) is 9.94.